The van der Waals surface area contributed by atoms with E-state index < -0.39 is 11.6 Å². The summed E-state index contributed by atoms with van der Waals surface area (Å²) in [6.07, 6.45) is 0.896. The smallest absolute Gasteiger partial charge is 0.258 e. The van der Waals surface area contributed by atoms with E-state index in [1.54, 1.807) is 12.1 Å². The summed E-state index contributed by atoms with van der Waals surface area (Å²) < 4.78 is 0. The third-order valence-corrected chi connectivity index (χ3v) is 5.28. The number of benzene rings is 1. The van der Waals surface area contributed by atoms with Crippen molar-refractivity contribution in [3.63, 3.8) is 0 Å². The van der Waals surface area contributed by atoms with Crippen LogP contribution in [0, 0.1) is 18.3 Å². The number of nitrogens with two attached hydrogens (primary N) is 1. The van der Waals surface area contributed by atoms with Gasteiger partial charge in [0.05, 0.1) is 11.1 Å². The summed E-state index contributed by atoms with van der Waals surface area (Å²) in [4.78, 5) is 16.7. The number of nitrogens with zero attached hydrogens (tertiary/aromatic N) is 2. The summed E-state index contributed by atoms with van der Waals surface area (Å²) >= 11 is 1.39. The molecule has 25 heavy (non-hydrogen) atoms. The number of rotatable bonds is 4. The van der Waals surface area contributed by atoms with Crippen LogP contribution in [-0.4, -0.2) is 21.8 Å². The van der Waals surface area contributed by atoms with E-state index in [2.05, 4.69) is 16.4 Å². The highest BCUT2D eigenvalue weighted by atomic mass is 32.2. The van der Waals surface area contributed by atoms with Gasteiger partial charge in [-0.05, 0) is 19.1 Å². The maximum Gasteiger partial charge on any atom is 0.258 e. The Morgan fingerprint density at radius 3 is 2.68 bits per heavy atom. The van der Waals surface area contributed by atoms with Crippen molar-refractivity contribution in [3.8, 4) is 6.07 Å². The van der Waals surface area contributed by atoms with E-state index in [0.717, 1.165) is 17.7 Å². The molecule has 3 rings (SSSR count). The lowest BCUT2D eigenvalue weighted by Crippen LogP contribution is -2.40. The first kappa shape index (κ1) is 17.3. The average Bonchev–Trinajstić information content (AvgIpc) is 2.86. The van der Waals surface area contributed by atoms with Gasteiger partial charge in [0.1, 0.15) is 16.9 Å². The molecule has 2 heterocycles. The van der Waals surface area contributed by atoms with Gasteiger partial charge in [-0.1, -0.05) is 36.8 Å². The van der Waals surface area contributed by atoms with Crippen LogP contribution in [0.15, 0.2) is 29.3 Å². The molecule has 0 bridgehead atoms. The van der Waals surface area contributed by atoms with Gasteiger partial charge in [0, 0.05) is 11.1 Å². The molecule has 0 saturated carbocycles. The Bertz CT molecular complexity index is 889. The van der Waals surface area contributed by atoms with Crippen molar-refractivity contribution in [1.82, 2.24) is 10.3 Å². The highest BCUT2D eigenvalue weighted by Gasteiger charge is 2.47. The number of fused-ring (bicyclic) bond motifs is 1. The first-order valence-electron chi connectivity index (χ1n) is 7.91. The minimum Gasteiger partial charge on any atom is -0.383 e. The Morgan fingerprint density at radius 1 is 1.40 bits per heavy atom. The maximum absolute atomic E-state index is 12.4. The first-order valence-corrected chi connectivity index (χ1v) is 8.89. The van der Waals surface area contributed by atoms with Gasteiger partial charge < -0.3 is 16.2 Å². The number of thioether (sulfide) groups is 1. The number of carbonyl (C=O) groups is 1. The fraction of sp³-hybridized carbons (Fsp3) is 0.278. The zero-order valence-corrected chi connectivity index (χ0v) is 14.8. The summed E-state index contributed by atoms with van der Waals surface area (Å²) in [5.74, 6) is 0.240. The Morgan fingerprint density at radius 2 is 2.08 bits per heavy atom. The number of nitriles is 1. The number of aliphatic hydroxyl groups is 1. The van der Waals surface area contributed by atoms with Gasteiger partial charge in [-0.15, -0.1) is 11.8 Å². The number of hydrogen-bond donors (Lipinski definition) is 3. The van der Waals surface area contributed by atoms with E-state index in [-0.39, 0.29) is 22.5 Å². The molecular formula is C18H18N4O2S. The topological polar surface area (TPSA) is 112 Å². The zero-order valence-electron chi connectivity index (χ0n) is 14.0. The minimum atomic E-state index is -1.80. The van der Waals surface area contributed by atoms with Crippen LogP contribution in [0.4, 0.5) is 5.82 Å². The molecule has 1 aromatic carbocycles. The molecule has 2 aromatic rings. The van der Waals surface area contributed by atoms with Crippen LogP contribution in [0.25, 0.3) is 0 Å². The van der Waals surface area contributed by atoms with Gasteiger partial charge in [0.2, 0.25) is 0 Å². The summed E-state index contributed by atoms with van der Waals surface area (Å²) in [6, 6.07) is 9.21. The van der Waals surface area contributed by atoms with E-state index >= 15 is 0 Å². The standard InChI is InChI=1S/C18H18N4O2S/c1-3-8-25-17-12(9-19)14-13(15(20)21-17)16(23)22-18(14,24)11-6-4-10(2)5-7-11/h4-7,24H,3,8H2,1-2H3,(H2,20,21)(H,22,23). The lowest BCUT2D eigenvalue weighted by Gasteiger charge is -2.26. The van der Waals surface area contributed by atoms with Crippen LogP contribution < -0.4 is 11.1 Å². The molecule has 0 aliphatic carbocycles. The number of hydrogen-bond acceptors (Lipinski definition) is 6. The summed E-state index contributed by atoms with van der Waals surface area (Å²) in [7, 11) is 0. The van der Waals surface area contributed by atoms with Gasteiger partial charge in [-0.3, -0.25) is 4.79 Å². The zero-order chi connectivity index (χ0) is 18.2. The molecule has 1 unspecified atom stereocenters. The minimum absolute atomic E-state index is 0.0214. The van der Waals surface area contributed by atoms with Crippen LogP contribution in [0.1, 0.15) is 46.0 Å². The fourth-order valence-corrected chi connectivity index (χ4v) is 3.73. The molecular weight excluding hydrogens is 336 g/mol. The van der Waals surface area contributed by atoms with Crippen molar-refractivity contribution in [2.24, 2.45) is 0 Å². The van der Waals surface area contributed by atoms with Gasteiger partial charge in [0.15, 0.2) is 5.72 Å². The highest BCUT2D eigenvalue weighted by molar-refractivity contribution is 7.99. The number of nitrogens with one attached hydrogen (secondary N) is 1. The number of carbonyl (C=O) groups excluding carboxylic acids is 1. The summed E-state index contributed by atoms with van der Waals surface area (Å²) in [6.45, 7) is 3.95. The molecule has 6 nitrogen and oxygen atoms in total. The second kappa shape index (κ2) is 6.39. The highest BCUT2D eigenvalue weighted by Crippen LogP contribution is 2.41. The number of nitrogen functional groups attached to an aromatic ring is 1. The molecule has 128 valence electrons. The lowest BCUT2D eigenvalue weighted by molar-refractivity contribution is 0.0473. The summed E-state index contributed by atoms with van der Waals surface area (Å²) in [5, 5.41) is 24.0. The Balaban J connectivity index is 2.27. The molecule has 0 saturated heterocycles. The molecule has 1 aliphatic rings. The maximum atomic E-state index is 12.4. The number of pyridine rings is 1. The molecule has 7 heteroatoms. The van der Waals surface area contributed by atoms with Crippen LogP contribution in [0.2, 0.25) is 0 Å². The molecule has 0 spiro atoms. The molecule has 1 aromatic heterocycles. The Labute approximate surface area is 150 Å². The monoisotopic (exact) mass is 354 g/mol. The molecule has 0 radical (unpaired) electrons. The molecule has 1 amide bonds. The predicted octanol–water partition coefficient (Wildman–Crippen LogP) is 2.28. The third kappa shape index (κ3) is 2.73. The average molecular weight is 354 g/mol. The summed E-state index contributed by atoms with van der Waals surface area (Å²) in [5.41, 5.74) is 6.11. The lowest BCUT2D eigenvalue weighted by atomic mass is 9.91. The normalized spacial score (nSPS) is 18.6. The predicted molar refractivity (Wildman–Crippen MR) is 96.0 cm³/mol. The van der Waals surface area contributed by atoms with Crippen molar-refractivity contribution in [3.05, 3.63) is 52.1 Å². The van der Waals surface area contributed by atoms with E-state index in [1.165, 1.54) is 11.8 Å². The van der Waals surface area contributed by atoms with Crippen LogP contribution in [0.3, 0.4) is 0 Å². The number of aryl methyl sites for hydroxylation is 1. The van der Waals surface area contributed by atoms with E-state index in [9.17, 15) is 15.2 Å². The fourth-order valence-electron chi connectivity index (χ4n) is 2.88. The van der Waals surface area contributed by atoms with Gasteiger partial charge in [-0.2, -0.15) is 5.26 Å². The van der Waals surface area contributed by atoms with E-state index in [1.807, 2.05) is 26.0 Å². The third-order valence-electron chi connectivity index (χ3n) is 4.10. The van der Waals surface area contributed by atoms with Gasteiger partial charge >= 0.3 is 0 Å². The molecule has 1 atom stereocenters. The second-order valence-electron chi connectivity index (χ2n) is 5.92. The van der Waals surface area contributed by atoms with Crippen LogP contribution in [0.5, 0.6) is 0 Å². The Kier molecular flexibility index (Phi) is 4.41. The van der Waals surface area contributed by atoms with Crippen molar-refractivity contribution in [2.75, 3.05) is 11.5 Å². The van der Waals surface area contributed by atoms with Gasteiger partial charge in [0.25, 0.3) is 5.91 Å². The van der Waals surface area contributed by atoms with E-state index in [4.69, 9.17) is 5.73 Å². The van der Waals surface area contributed by atoms with Crippen molar-refractivity contribution in [1.29, 1.82) is 5.26 Å². The first-order chi connectivity index (χ1) is 11.9. The quantitative estimate of drug-likeness (QED) is 0.726. The molecule has 4 N–H and O–H groups in total. The number of aromatic nitrogens is 1. The Hall–Kier alpha value is -2.56. The largest absolute Gasteiger partial charge is 0.383 e. The SMILES string of the molecule is CCCSc1nc(N)c2c(c1C#N)C(O)(c1ccc(C)cc1)NC2=O. The number of amides is 1. The molecule has 0 fully saturated rings. The van der Waals surface area contributed by atoms with Crippen molar-refractivity contribution >= 4 is 23.5 Å². The molecule has 1 aliphatic heterocycles. The van der Waals surface area contributed by atoms with Crippen molar-refractivity contribution < 1.29 is 9.90 Å². The van der Waals surface area contributed by atoms with Gasteiger partial charge in [-0.25, -0.2) is 4.98 Å². The van der Waals surface area contributed by atoms with E-state index in [0.29, 0.717) is 10.6 Å². The second-order valence-corrected chi connectivity index (χ2v) is 7.00. The van der Waals surface area contributed by atoms with Crippen LogP contribution >= 0.6 is 11.8 Å². The number of anilines is 1. The van der Waals surface area contributed by atoms with Crippen LogP contribution in [-0.2, 0) is 5.72 Å². The van der Waals surface area contributed by atoms with Crippen molar-refractivity contribution in [2.45, 2.75) is 31.0 Å².